The molecule has 2 heterocycles. The fourth-order valence-electron chi connectivity index (χ4n) is 6.93. The number of carbonyl (C=O) groups is 2. The van der Waals surface area contributed by atoms with Crippen LogP contribution in [-0.4, -0.2) is 45.1 Å². The van der Waals surface area contributed by atoms with Crippen LogP contribution in [0, 0.1) is 11.8 Å². The highest BCUT2D eigenvalue weighted by Crippen LogP contribution is 2.32. The summed E-state index contributed by atoms with van der Waals surface area (Å²) in [5, 5.41) is 0. The minimum Gasteiger partial charge on any atom is -0.462 e. The summed E-state index contributed by atoms with van der Waals surface area (Å²) < 4.78 is 17.9. The first-order valence-electron chi connectivity index (χ1n) is 22.7. The molecule has 2 aromatic heterocycles. The molecule has 63 heavy (non-hydrogen) atoms. The summed E-state index contributed by atoms with van der Waals surface area (Å²) in [4.78, 5) is 45.1. The Labute approximate surface area is 373 Å². The van der Waals surface area contributed by atoms with Crippen LogP contribution in [-0.2, 0) is 40.3 Å². The van der Waals surface area contributed by atoms with Crippen LogP contribution in [0.3, 0.4) is 0 Å². The predicted octanol–water partition coefficient (Wildman–Crippen LogP) is 12.7. The topological polar surface area (TPSA) is 113 Å². The van der Waals surface area contributed by atoms with Gasteiger partial charge in [0.25, 0.3) is 0 Å². The average Bonchev–Trinajstić information content (AvgIpc) is 3.33. The molecule has 0 aliphatic rings. The van der Waals surface area contributed by atoms with Gasteiger partial charge in [0.15, 0.2) is 11.6 Å². The number of aryl methyl sites for hydroxylation is 2. The van der Waals surface area contributed by atoms with Crippen molar-refractivity contribution >= 4 is 11.9 Å². The molecule has 0 bridgehead atoms. The molecule has 0 N–H and O–H groups in total. The highest BCUT2D eigenvalue weighted by Gasteiger charge is 2.17. The lowest BCUT2D eigenvalue weighted by molar-refractivity contribution is 0.0438. The van der Waals surface area contributed by atoms with Crippen molar-refractivity contribution in [3.8, 4) is 45.0 Å². The van der Waals surface area contributed by atoms with Crippen molar-refractivity contribution in [3.63, 3.8) is 0 Å². The molecule has 0 amide bonds. The molecule has 4 aromatic carbocycles. The molecule has 0 aliphatic carbocycles. The summed E-state index contributed by atoms with van der Waals surface area (Å²) in [7, 11) is 0. The number of nitrogens with zero attached hydrogens (tertiary/aromatic N) is 4. The summed E-state index contributed by atoms with van der Waals surface area (Å²) in [6.45, 7) is 13.9. The number of benzene rings is 4. The van der Waals surface area contributed by atoms with Crippen molar-refractivity contribution in [2.45, 2.75) is 106 Å². The van der Waals surface area contributed by atoms with E-state index >= 15 is 0 Å². The first-order valence-corrected chi connectivity index (χ1v) is 22.7. The van der Waals surface area contributed by atoms with Gasteiger partial charge in [-0.15, -0.1) is 0 Å². The lowest BCUT2D eigenvalue weighted by Gasteiger charge is -2.16. The van der Waals surface area contributed by atoms with Gasteiger partial charge >= 0.3 is 11.9 Å². The maximum absolute atomic E-state index is 13.3. The number of ether oxygens (including phenoxy) is 3. The predicted molar refractivity (Wildman–Crippen MR) is 251 cm³/mol. The molecule has 2 atom stereocenters. The summed E-state index contributed by atoms with van der Waals surface area (Å²) in [5.41, 5.74) is 10.4. The van der Waals surface area contributed by atoms with Crippen LogP contribution >= 0.6 is 0 Å². The number of carbonyl (C=O) groups excluding carboxylic acids is 2. The van der Waals surface area contributed by atoms with Gasteiger partial charge in [0.2, 0.25) is 0 Å². The van der Waals surface area contributed by atoms with Gasteiger partial charge in [-0.05, 0) is 106 Å². The molecule has 328 valence electrons. The first-order chi connectivity index (χ1) is 30.7. The Morgan fingerprint density at radius 3 is 1.22 bits per heavy atom. The summed E-state index contributed by atoms with van der Waals surface area (Å²) >= 11 is 0. The van der Waals surface area contributed by atoms with E-state index in [1.54, 1.807) is 12.1 Å². The van der Waals surface area contributed by atoms with E-state index in [4.69, 9.17) is 14.2 Å². The highest BCUT2D eigenvalue weighted by atomic mass is 16.5. The van der Waals surface area contributed by atoms with Crippen molar-refractivity contribution in [1.29, 1.82) is 0 Å². The lowest BCUT2D eigenvalue weighted by Crippen LogP contribution is -2.12. The standard InChI is InChI=1S/C54H62N4O5/c1-7-11-13-39-29-55-51(56-30-39)43-19-15-41(16-20-43)49-27-45(53(59)62-33-37(5)9-3)23-25-47(49)35-61-36-48-26-24-46(54(60)63-34-38(6)10-4)28-50(48)42-17-21-44(22-18-42)52-57-31-40(32-58-52)14-12-8-2/h15-32,37-38H,7-14,33-36H2,1-6H3. The van der Waals surface area contributed by atoms with Gasteiger partial charge < -0.3 is 14.2 Å². The maximum atomic E-state index is 13.3. The van der Waals surface area contributed by atoms with Gasteiger partial charge in [0.1, 0.15) is 0 Å². The molecule has 2 unspecified atom stereocenters. The second-order valence-corrected chi connectivity index (χ2v) is 16.7. The van der Waals surface area contributed by atoms with E-state index in [9.17, 15) is 9.59 Å². The van der Waals surface area contributed by atoms with E-state index in [1.165, 1.54) is 0 Å². The minimum atomic E-state index is -0.355. The van der Waals surface area contributed by atoms with Crippen molar-refractivity contribution in [3.05, 3.63) is 143 Å². The molecular weight excluding hydrogens is 785 g/mol. The molecule has 0 spiro atoms. The Hall–Kier alpha value is -6.06. The molecule has 9 heteroatoms. The normalized spacial score (nSPS) is 12.2. The number of rotatable bonds is 22. The summed E-state index contributed by atoms with van der Waals surface area (Å²) in [6.07, 6.45) is 15.9. The molecule has 6 aromatic rings. The number of aromatic nitrogens is 4. The van der Waals surface area contributed by atoms with E-state index in [0.717, 1.165) is 107 Å². The zero-order valence-corrected chi connectivity index (χ0v) is 37.9. The van der Waals surface area contributed by atoms with Gasteiger partial charge in [-0.2, -0.15) is 0 Å². The number of hydrogen-bond donors (Lipinski definition) is 0. The zero-order chi connectivity index (χ0) is 44.6. The Balaban J connectivity index is 1.26. The van der Waals surface area contributed by atoms with Gasteiger partial charge in [0, 0.05) is 35.9 Å². The van der Waals surface area contributed by atoms with Crippen LogP contribution in [0.25, 0.3) is 45.0 Å². The third-order valence-electron chi connectivity index (χ3n) is 11.6. The largest absolute Gasteiger partial charge is 0.462 e. The second-order valence-electron chi connectivity index (χ2n) is 16.7. The Morgan fingerprint density at radius 2 is 0.873 bits per heavy atom. The van der Waals surface area contributed by atoms with Crippen molar-refractivity contribution in [2.24, 2.45) is 11.8 Å². The van der Waals surface area contributed by atoms with E-state index in [2.05, 4.69) is 61.5 Å². The van der Waals surface area contributed by atoms with Crippen LogP contribution in [0.5, 0.6) is 0 Å². The Morgan fingerprint density at radius 1 is 0.508 bits per heavy atom. The minimum absolute atomic E-state index is 0.268. The van der Waals surface area contributed by atoms with Crippen LogP contribution in [0.2, 0.25) is 0 Å². The monoisotopic (exact) mass is 846 g/mol. The first kappa shape index (κ1) is 46.4. The van der Waals surface area contributed by atoms with E-state index in [0.29, 0.717) is 36.0 Å². The lowest BCUT2D eigenvalue weighted by atomic mass is 9.96. The molecule has 0 saturated carbocycles. The molecule has 0 aliphatic heterocycles. The summed E-state index contributed by atoms with van der Waals surface area (Å²) in [6, 6.07) is 27.4. The molecule has 0 saturated heterocycles. The fraction of sp³-hybridized carbons (Fsp3) is 0.370. The Kier molecular flexibility index (Phi) is 17.3. The number of hydrogen-bond acceptors (Lipinski definition) is 9. The van der Waals surface area contributed by atoms with Crippen LogP contribution in [0.4, 0.5) is 0 Å². The van der Waals surface area contributed by atoms with Crippen molar-refractivity contribution < 1.29 is 23.8 Å². The SMILES string of the molecule is CCCCc1cnc(-c2ccc(-c3cc(C(=O)OCC(C)CC)ccc3COCc3ccc(C(=O)OCC(C)CC)cc3-c3ccc(-c4ncc(CCCC)cn4)cc3)cc2)nc1. The fourth-order valence-corrected chi connectivity index (χ4v) is 6.93. The smallest absolute Gasteiger partial charge is 0.338 e. The third kappa shape index (κ3) is 13.0. The highest BCUT2D eigenvalue weighted by molar-refractivity contribution is 5.92. The Bertz CT molecular complexity index is 2210. The van der Waals surface area contributed by atoms with Gasteiger partial charge in [-0.3, -0.25) is 0 Å². The van der Waals surface area contributed by atoms with Crippen LogP contribution in [0.15, 0.2) is 110 Å². The van der Waals surface area contributed by atoms with Gasteiger partial charge in [0.05, 0.1) is 37.6 Å². The number of esters is 2. The van der Waals surface area contributed by atoms with Crippen molar-refractivity contribution in [2.75, 3.05) is 13.2 Å². The van der Waals surface area contributed by atoms with E-state index in [1.807, 2.05) is 97.6 Å². The average molecular weight is 847 g/mol. The van der Waals surface area contributed by atoms with Crippen LogP contribution in [0.1, 0.15) is 123 Å². The van der Waals surface area contributed by atoms with E-state index < -0.39 is 0 Å². The van der Waals surface area contributed by atoms with E-state index in [-0.39, 0.29) is 37.0 Å². The summed E-state index contributed by atoms with van der Waals surface area (Å²) in [5.74, 6) is 1.16. The quantitative estimate of drug-likeness (QED) is 0.0616. The van der Waals surface area contributed by atoms with Gasteiger partial charge in [-0.25, -0.2) is 29.5 Å². The van der Waals surface area contributed by atoms with Crippen molar-refractivity contribution in [1.82, 2.24) is 19.9 Å². The zero-order valence-electron chi connectivity index (χ0n) is 37.9. The maximum Gasteiger partial charge on any atom is 0.338 e. The molecule has 6 rings (SSSR count). The molecule has 9 nitrogen and oxygen atoms in total. The second kappa shape index (κ2) is 23.4. The van der Waals surface area contributed by atoms with Gasteiger partial charge in [-0.1, -0.05) is 128 Å². The third-order valence-corrected chi connectivity index (χ3v) is 11.6. The number of unbranched alkanes of at least 4 members (excludes halogenated alkanes) is 2. The van der Waals surface area contributed by atoms with Crippen LogP contribution < -0.4 is 0 Å². The molecular formula is C54H62N4O5. The molecule has 0 fully saturated rings. The molecule has 0 radical (unpaired) electrons.